The molecule has 73 heavy (non-hydrogen) atoms. The minimum absolute atomic E-state index is 0. The van der Waals surface area contributed by atoms with Gasteiger partial charge in [-0.2, -0.15) is 0 Å². The van der Waals surface area contributed by atoms with Crippen LogP contribution in [0, 0.1) is 20.5 Å². The molecule has 10 aromatic heterocycles. The molecule has 1 radical (unpaired) electrons. The maximum atomic E-state index is 8.49. The number of halogens is 2. The number of hydrogen-bond acceptors (Lipinski definition) is 22. The van der Waals surface area contributed by atoms with Gasteiger partial charge in [-0.15, -0.1) is 40.9 Å². The Morgan fingerprint density at radius 1 is 0.315 bits per heavy atom. The van der Waals surface area contributed by atoms with Gasteiger partial charge in [0.05, 0.1) is 96.5 Å². The Morgan fingerprint density at radius 3 is 0.726 bits per heavy atom. The molecule has 0 bridgehead atoms. The van der Waals surface area contributed by atoms with Gasteiger partial charge in [0.15, 0.2) is 0 Å². The third-order valence-electron chi connectivity index (χ3n) is 8.89. The summed E-state index contributed by atoms with van der Waals surface area (Å²) in [5.41, 5.74) is 9.64. The molecule has 10 rings (SSSR count). The van der Waals surface area contributed by atoms with Gasteiger partial charge in [0, 0.05) is 24.8 Å². The molecule has 0 atom stereocenters. The largest absolute Gasteiger partial charge is 2.00 e. The van der Waals surface area contributed by atoms with Crippen molar-refractivity contribution < 1.29 is 85.8 Å². The Bertz CT molecular complexity index is 2740. The van der Waals surface area contributed by atoms with Crippen molar-refractivity contribution in [2.75, 3.05) is 0 Å². The third kappa shape index (κ3) is 19.7. The fourth-order valence-electron chi connectivity index (χ4n) is 6.10. The quantitative estimate of drug-likeness (QED) is 0.103. The van der Waals surface area contributed by atoms with Crippen LogP contribution in [0.5, 0.6) is 0 Å². The van der Waals surface area contributed by atoms with E-state index >= 15 is 0 Å². The topological polar surface area (TPSA) is 448 Å². The zero-order chi connectivity index (χ0) is 49.4. The van der Waals surface area contributed by atoms with Crippen LogP contribution in [0.3, 0.4) is 0 Å². The van der Waals surface area contributed by atoms with Crippen LogP contribution in [-0.4, -0.2) is 101 Å². The Balaban J connectivity index is 0.000000258. The molecule has 381 valence electrons. The summed E-state index contributed by atoms with van der Waals surface area (Å²) in [6, 6.07) is 34.6. The molecule has 0 fully saturated rings. The van der Waals surface area contributed by atoms with Crippen LogP contribution in [-0.2, 0) is 43.2 Å². The summed E-state index contributed by atoms with van der Waals surface area (Å²) in [5, 5.41) is 33.6. The van der Waals surface area contributed by atoms with Crippen molar-refractivity contribution in [1.29, 1.82) is 0 Å². The van der Waals surface area contributed by atoms with Crippen LogP contribution in [0.1, 0.15) is 22.8 Å². The van der Waals surface area contributed by atoms with Gasteiger partial charge in [-0.05, 0) is 72.8 Å². The van der Waals surface area contributed by atoms with E-state index in [4.69, 9.17) is 47.2 Å². The van der Waals surface area contributed by atoms with E-state index in [1.807, 2.05) is 134 Å². The Hall–Kier alpha value is -7.84. The molecule has 0 aliphatic heterocycles. The minimum atomic E-state index is -4.94. The number of rotatable bonds is 12. The Morgan fingerprint density at radius 2 is 0.534 bits per heavy atom. The van der Waals surface area contributed by atoms with Gasteiger partial charge < -0.3 is 11.0 Å². The van der Waals surface area contributed by atoms with Gasteiger partial charge >= 0.3 is 17.1 Å². The normalized spacial score (nSPS) is 10.6. The van der Waals surface area contributed by atoms with Gasteiger partial charge in [-0.25, -0.2) is 56.0 Å². The monoisotopic (exact) mass is 1090 g/mol. The van der Waals surface area contributed by atoms with Crippen LogP contribution in [0.4, 0.5) is 0 Å². The van der Waals surface area contributed by atoms with E-state index in [2.05, 4.69) is 61.2 Å². The van der Waals surface area contributed by atoms with Gasteiger partial charge in [-0.3, -0.25) is 29.9 Å². The number of aromatic nitrogens is 18. The van der Waals surface area contributed by atoms with Crippen molar-refractivity contribution in [1.82, 2.24) is 89.9 Å². The average molecular weight is 1090 g/mol. The molecule has 0 spiro atoms. The second-order valence-corrected chi connectivity index (χ2v) is 15.6. The standard InChI is InChI=1S/2C21H17N9.2ClHO4.Cu.2H2O/c2*1-3-10-22-18(8-1)20-14-29(27-25-20)12-16-6-5-7-17(24-16)13-30-15-21(26-28-30)19-9-2-4-11-23-19;2*2-1(3,4)5;;;/h2*1-11,14-15H,12-13H2;2*(H,2,3,4,5);;2*1H2/q;;;;+2;;/p-2. The molecule has 0 amide bonds. The van der Waals surface area contributed by atoms with E-state index in [0.717, 1.165) is 68.3 Å². The first-order valence-electron chi connectivity index (χ1n) is 20.1. The molecular formula is C42H38Cl2CuN18O10. The van der Waals surface area contributed by atoms with Crippen molar-refractivity contribution in [3.63, 3.8) is 0 Å². The van der Waals surface area contributed by atoms with E-state index in [0.29, 0.717) is 26.2 Å². The second-order valence-electron chi connectivity index (χ2n) is 14.1. The first-order chi connectivity index (χ1) is 33.7. The van der Waals surface area contributed by atoms with Crippen molar-refractivity contribution in [2.24, 2.45) is 0 Å². The van der Waals surface area contributed by atoms with E-state index in [9.17, 15) is 0 Å². The smallest absolute Gasteiger partial charge is 0.412 e. The van der Waals surface area contributed by atoms with Crippen LogP contribution < -0.4 is 37.3 Å². The zero-order valence-electron chi connectivity index (χ0n) is 37.2. The molecule has 0 aliphatic carbocycles. The van der Waals surface area contributed by atoms with Crippen molar-refractivity contribution >= 4 is 0 Å². The summed E-state index contributed by atoms with van der Waals surface area (Å²) in [6.07, 6.45) is 14.4. The Labute approximate surface area is 427 Å². The molecule has 0 aromatic carbocycles. The summed E-state index contributed by atoms with van der Waals surface area (Å²) >= 11 is 0. The van der Waals surface area contributed by atoms with Crippen molar-refractivity contribution in [2.45, 2.75) is 26.2 Å². The predicted molar refractivity (Wildman–Crippen MR) is 225 cm³/mol. The molecule has 0 aliphatic rings. The van der Waals surface area contributed by atoms with Gasteiger partial charge in [-0.1, -0.05) is 57.3 Å². The van der Waals surface area contributed by atoms with Gasteiger partial charge in [0.25, 0.3) is 0 Å². The SMILES string of the molecule is O.O.[Cu+2].[O-][Cl+3]([O-])([O-])[O-].[O-][Cl+3]([O-])([O-])[O-].c1ccc(-c2cn(Cc3cccc(Cn4cc(-c5ccccn5)nn4)n3)nn2)nc1.c1ccc(-c2cn(Cc3cccc(Cn4cc(-c5ccccn5)nn4)n3)nn2)nc1. The molecule has 10 aromatic rings. The molecule has 10 heterocycles. The number of pyridine rings is 6. The van der Waals surface area contributed by atoms with Gasteiger partial charge in [0.1, 0.15) is 22.8 Å². The summed E-state index contributed by atoms with van der Waals surface area (Å²) in [5.74, 6) is 0. The van der Waals surface area contributed by atoms with Crippen LogP contribution in [0.15, 0.2) is 159 Å². The van der Waals surface area contributed by atoms with E-state index in [1.54, 1.807) is 43.5 Å². The zero-order valence-corrected chi connectivity index (χ0v) is 39.7. The van der Waals surface area contributed by atoms with Gasteiger partial charge in [0.2, 0.25) is 0 Å². The Kier molecular flexibility index (Phi) is 21.9. The van der Waals surface area contributed by atoms with E-state index in [-0.39, 0.29) is 28.0 Å². The molecule has 28 nitrogen and oxygen atoms in total. The fraction of sp³-hybridized carbons (Fsp3) is 0.0952. The van der Waals surface area contributed by atoms with Crippen LogP contribution >= 0.6 is 0 Å². The summed E-state index contributed by atoms with van der Waals surface area (Å²) < 4.78 is 75.0. The second kappa shape index (κ2) is 27.7. The average Bonchev–Trinajstić information content (AvgIpc) is 4.19. The van der Waals surface area contributed by atoms with E-state index < -0.39 is 20.5 Å². The fourth-order valence-corrected chi connectivity index (χ4v) is 6.10. The molecule has 0 unspecified atom stereocenters. The number of hydrogen-bond donors (Lipinski definition) is 0. The minimum Gasteiger partial charge on any atom is -0.412 e. The maximum absolute atomic E-state index is 8.49. The molecule has 31 heteroatoms. The maximum Gasteiger partial charge on any atom is 2.00 e. The first kappa shape index (κ1) is 57.7. The summed E-state index contributed by atoms with van der Waals surface area (Å²) in [7, 11) is -9.89. The molecular weight excluding hydrogens is 1050 g/mol. The van der Waals surface area contributed by atoms with Crippen LogP contribution in [0.2, 0.25) is 0 Å². The molecule has 0 saturated heterocycles. The summed E-state index contributed by atoms with van der Waals surface area (Å²) in [4.78, 5) is 26.6. The van der Waals surface area contributed by atoms with Crippen LogP contribution in [0.25, 0.3) is 45.6 Å². The number of nitrogens with zero attached hydrogens (tertiary/aromatic N) is 18. The predicted octanol–water partition coefficient (Wildman–Crippen LogP) is -6.19. The van der Waals surface area contributed by atoms with Crippen molar-refractivity contribution in [3.8, 4) is 45.6 Å². The first-order valence-corrected chi connectivity index (χ1v) is 22.5. The molecule has 0 saturated carbocycles. The van der Waals surface area contributed by atoms with Crippen molar-refractivity contribution in [3.05, 3.63) is 182 Å². The van der Waals surface area contributed by atoms with E-state index in [1.165, 1.54) is 0 Å². The third-order valence-corrected chi connectivity index (χ3v) is 8.89. The summed E-state index contributed by atoms with van der Waals surface area (Å²) in [6.45, 7) is 2.07. The molecule has 4 N–H and O–H groups in total.